The third-order valence-electron chi connectivity index (χ3n) is 3.66. The van der Waals surface area contributed by atoms with Crippen LogP contribution in [0.25, 0.3) is 0 Å². The maximum absolute atomic E-state index is 12.3. The second-order valence-corrected chi connectivity index (χ2v) is 6.17. The van der Waals surface area contributed by atoms with Crippen molar-refractivity contribution in [2.24, 2.45) is 0 Å². The summed E-state index contributed by atoms with van der Waals surface area (Å²) in [5, 5.41) is 0. The lowest BCUT2D eigenvalue weighted by Crippen LogP contribution is -2.56. The van der Waals surface area contributed by atoms with Crippen LogP contribution in [-0.4, -0.2) is 43.4 Å². The smallest absolute Gasteiger partial charge is 0.289 e. The molecule has 1 aromatic heterocycles. The molecule has 23 heavy (non-hydrogen) atoms. The molecular weight excluding hydrogens is 314 g/mol. The van der Waals surface area contributed by atoms with Gasteiger partial charge in [0.25, 0.3) is 5.91 Å². The van der Waals surface area contributed by atoms with Crippen LogP contribution in [0.4, 0.5) is 0 Å². The Morgan fingerprint density at radius 2 is 2.00 bits per heavy atom. The maximum Gasteiger partial charge on any atom is 0.289 e. The van der Waals surface area contributed by atoms with Crippen LogP contribution in [0.5, 0.6) is 11.5 Å². The van der Waals surface area contributed by atoms with Crippen LogP contribution in [0.3, 0.4) is 0 Å². The highest BCUT2D eigenvalue weighted by Gasteiger charge is 2.34. The molecule has 0 aliphatic carbocycles. The van der Waals surface area contributed by atoms with Gasteiger partial charge in [0.05, 0.1) is 26.0 Å². The number of carbonyl (C=O) groups excluding carboxylic acids is 1. The Morgan fingerprint density at radius 3 is 2.70 bits per heavy atom. The van der Waals surface area contributed by atoms with Gasteiger partial charge in [-0.1, -0.05) is 12.1 Å². The average molecular weight is 333 g/mol. The van der Waals surface area contributed by atoms with Gasteiger partial charge in [0.2, 0.25) is 0 Å². The molecule has 1 aromatic carbocycles. The van der Waals surface area contributed by atoms with Crippen molar-refractivity contribution in [1.82, 2.24) is 4.90 Å². The SMILES string of the molecule is COc1ccccc1OC1CN(C(=O)c2ccc(CSC)o2)C1. The Balaban J connectivity index is 1.55. The Morgan fingerprint density at radius 1 is 1.26 bits per heavy atom. The topological polar surface area (TPSA) is 51.9 Å². The van der Waals surface area contributed by atoms with Crippen LogP contribution in [0, 0.1) is 0 Å². The zero-order chi connectivity index (χ0) is 16.2. The zero-order valence-corrected chi connectivity index (χ0v) is 14.0. The fourth-order valence-electron chi connectivity index (χ4n) is 2.44. The second-order valence-electron chi connectivity index (χ2n) is 5.30. The molecule has 1 amide bonds. The van der Waals surface area contributed by atoms with E-state index < -0.39 is 0 Å². The quantitative estimate of drug-likeness (QED) is 0.813. The van der Waals surface area contributed by atoms with Gasteiger partial charge in [0.15, 0.2) is 17.3 Å². The molecule has 0 radical (unpaired) electrons. The minimum absolute atomic E-state index is 0.0177. The van der Waals surface area contributed by atoms with Crippen molar-refractivity contribution in [3.05, 3.63) is 47.9 Å². The molecule has 6 heteroatoms. The highest BCUT2D eigenvalue weighted by Crippen LogP contribution is 2.29. The molecule has 3 rings (SSSR count). The number of carbonyl (C=O) groups is 1. The number of hydrogen-bond acceptors (Lipinski definition) is 5. The predicted molar refractivity (Wildman–Crippen MR) is 89.2 cm³/mol. The van der Waals surface area contributed by atoms with Crippen LogP contribution in [0.15, 0.2) is 40.8 Å². The minimum atomic E-state index is -0.0859. The van der Waals surface area contributed by atoms with Crippen LogP contribution >= 0.6 is 11.8 Å². The number of thioether (sulfide) groups is 1. The van der Waals surface area contributed by atoms with Gasteiger partial charge in [-0.15, -0.1) is 0 Å². The fraction of sp³-hybridized carbons (Fsp3) is 0.353. The van der Waals surface area contributed by atoms with Crippen LogP contribution in [0.1, 0.15) is 16.3 Å². The van der Waals surface area contributed by atoms with Crippen molar-refractivity contribution in [2.45, 2.75) is 11.9 Å². The molecule has 2 heterocycles. The van der Waals surface area contributed by atoms with E-state index in [4.69, 9.17) is 13.9 Å². The lowest BCUT2D eigenvalue weighted by atomic mass is 10.1. The van der Waals surface area contributed by atoms with Crippen molar-refractivity contribution in [3.63, 3.8) is 0 Å². The highest BCUT2D eigenvalue weighted by molar-refractivity contribution is 7.97. The van der Waals surface area contributed by atoms with E-state index in [0.29, 0.717) is 30.3 Å². The Hall–Kier alpha value is -2.08. The van der Waals surface area contributed by atoms with Crippen molar-refractivity contribution < 1.29 is 18.7 Å². The molecule has 1 saturated heterocycles. The van der Waals surface area contributed by atoms with E-state index in [2.05, 4.69) is 0 Å². The third-order valence-corrected chi connectivity index (χ3v) is 4.23. The average Bonchev–Trinajstić information content (AvgIpc) is 2.99. The normalized spacial score (nSPS) is 14.4. The molecule has 0 atom stereocenters. The van der Waals surface area contributed by atoms with Crippen LogP contribution in [0.2, 0.25) is 0 Å². The van der Waals surface area contributed by atoms with E-state index in [9.17, 15) is 4.79 Å². The molecule has 0 unspecified atom stereocenters. The summed E-state index contributed by atoms with van der Waals surface area (Å²) in [6.07, 6.45) is 1.98. The minimum Gasteiger partial charge on any atom is -0.493 e. The highest BCUT2D eigenvalue weighted by atomic mass is 32.2. The summed E-state index contributed by atoms with van der Waals surface area (Å²) in [5.74, 6) is 3.30. The van der Waals surface area contributed by atoms with E-state index in [1.165, 1.54) is 0 Å². The van der Waals surface area contributed by atoms with E-state index >= 15 is 0 Å². The molecular formula is C17H19NO4S. The number of amides is 1. The number of benzene rings is 1. The first-order chi connectivity index (χ1) is 11.2. The molecule has 1 fully saturated rings. The summed E-state index contributed by atoms with van der Waals surface area (Å²) in [7, 11) is 1.61. The number of nitrogens with zero attached hydrogens (tertiary/aromatic N) is 1. The molecule has 1 aliphatic heterocycles. The molecule has 0 N–H and O–H groups in total. The molecule has 0 saturated carbocycles. The zero-order valence-electron chi connectivity index (χ0n) is 13.2. The standard InChI is InChI=1S/C17H19NO4S/c1-20-14-5-3-4-6-15(14)22-13-9-18(10-13)17(19)16-8-7-12(21-16)11-23-2/h3-8,13H,9-11H2,1-2H3. The summed E-state index contributed by atoms with van der Waals surface area (Å²) >= 11 is 1.66. The first-order valence-corrected chi connectivity index (χ1v) is 8.77. The molecule has 122 valence electrons. The number of ether oxygens (including phenoxy) is 2. The van der Waals surface area contributed by atoms with E-state index in [1.807, 2.05) is 36.6 Å². The van der Waals surface area contributed by atoms with Gasteiger partial charge >= 0.3 is 0 Å². The van der Waals surface area contributed by atoms with E-state index in [1.54, 1.807) is 29.8 Å². The number of rotatable bonds is 6. The second kappa shape index (κ2) is 7.00. The van der Waals surface area contributed by atoms with Gasteiger partial charge in [-0.25, -0.2) is 0 Å². The Labute approximate surface area is 139 Å². The number of para-hydroxylation sites is 2. The van der Waals surface area contributed by atoms with Gasteiger partial charge in [-0.05, 0) is 30.5 Å². The molecule has 5 nitrogen and oxygen atoms in total. The number of furan rings is 1. The number of hydrogen-bond donors (Lipinski definition) is 0. The largest absolute Gasteiger partial charge is 0.493 e. The summed E-state index contributed by atoms with van der Waals surface area (Å²) in [6.45, 7) is 1.10. The lowest BCUT2D eigenvalue weighted by molar-refractivity contribution is 0.0146. The Kier molecular flexibility index (Phi) is 4.81. The van der Waals surface area contributed by atoms with Gasteiger partial charge in [-0.2, -0.15) is 11.8 Å². The molecule has 0 bridgehead atoms. The van der Waals surface area contributed by atoms with Crippen molar-refractivity contribution in [2.75, 3.05) is 26.5 Å². The molecule has 0 spiro atoms. The van der Waals surface area contributed by atoms with Gasteiger partial charge in [0, 0.05) is 0 Å². The van der Waals surface area contributed by atoms with E-state index in [0.717, 1.165) is 11.5 Å². The van der Waals surface area contributed by atoms with Crippen molar-refractivity contribution in [3.8, 4) is 11.5 Å². The Bertz CT molecular complexity index is 679. The van der Waals surface area contributed by atoms with Crippen molar-refractivity contribution >= 4 is 17.7 Å². The monoisotopic (exact) mass is 333 g/mol. The fourth-order valence-corrected chi connectivity index (χ4v) is 2.88. The summed E-state index contributed by atoms with van der Waals surface area (Å²) in [4.78, 5) is 14.0. The maximum atomic E-state index is 12.3. The molecule has 2 aromatic rings. The first-order valence-electron chi connectivity index (χ1n) is 7.38. The summed E-state index contributed by atoms with van der Waals surface area (Å²) in [5.41, 5.74) is 0. The van der Waals surface area contributed by atoms with Crippen molar-refractivity contribution in [1.29, 1.82) is 0 Å². The van der Waals surface area contributed by atoms with Gasteiger partial charge in [0.1, 0.15) is 11.9 Å². The van der Waals surface area contributed by atoms with Crippen LogP contribution < -0.4 is 9.47 Å². The number of likely N-dealkylation sites (tertiary alicyclic amines) is 1. The number of methoxy groups -OCH3 is 1. The van der Waals surface area contributed by atoms with Crippen LogP contribution in [-0.2, 0) is 5.75 Å². The summed E-state index contributed by atoms with van der Waals surface area (Å²) in [6, 6.07) is 11.1. The summed E-state index contributed by atoms with van der Waals surface area (Å²) < 4.78 is 16.7. The lowest BCUT2D eigenvalue weighted by Gasteiger charge is -2.38. The predicted octanol–water partition coefficient (Wildman–Crippen LogP) is 3.05. The molecule has 1 aliphatic rings. The third kappa shape index (κ3) is 3.47. The van der Waals surface area contributed by atoms with Gasteiger partial charge < -0.3 is 18.8 Å². The van der Waals surface area contributed by atoms with Gasteiger partial charge in [-0.3, -0.25) is 4.79 Å². The first kappa shape index (κ1) is 15.8. The van der Waals surface area contributed by atoms with E-state index in [-0.39, 0.29) is 12.0 Å².